The Morgan fingerprint density at radius 2 is 1.58 bits per heavy atom. The first-order chi connectivity index (χ1) is 8.79. The number of benzene rings is 1. The van der Waals surface area contributed by atoms with Gasteiger partial charge >= 0.3 is 0 Å². The SMILES string of the molecule is O=S(=O)(Cl)CCOCCOc1c(Cl)cc(Cl)cc1Cl. The number of rotatable bonds is 7. The van der Waals surface area contributed by atoms with Gasteiger partial charge in [-0.25, -0.2) is 8.42 Å². The van der Waals surface area contributed by atoms with Gasteiger partial charge in [-0.2, -0.15) is 0 Å². The Hall–Kier alpha value is 0.0900. The van der Waals surface area contributed by atoms with Gasteiger partial charge in [-0.1, -0.05) is 34.8 Å². The van der Waals surface area contributed by atoms with Gasteiger partial charge in [0.25, 0.3) is 0 Å². The third kappa shape index (κ3) is 6.88. The molecule has 0 unspecified atom stereocenters. The highest BCUT2D eigenvalue weighted by molar-refractivity contribution is 8.13. The lowest BCUT2D eigenvalue weighted by Crippen LogP contribution is -2.12. The second kappa shape index (κ2) is 7.76. The van der Waals surface area contributed by atoms with Crippen LogP contribution in [-0.2, 0) is 13.8 Å². The third-order valence-corrected chi connectivity index (χ3v) is 3.81. The van der Waals surface area contributed by atoms with Gasteiger partial charge in [0.2, 0.25) is 9.05 Å². The molecular weight excluding hydrogens is 358 g/mol. The van der Waals surface area contributed by atoms with E-state index in [1.54, 1.807) is 0 Å². The minimum atomic E-state index is -3.53. The van der Waals surface area contributed by atoms with Gasteiger partial charge in [0.15, 0.2) is 5.75 Å². The quantitative estimate of drug-likeness (QED) is 0.545. The van der Waals surface area contributed by atoms with Crippen molar-refractivity contribution in [3.63, 3.8) is 0 Å². The van der Waals surface area contributed by atoms with Crippen LogP contribution >= 0.6 is 45.5 Å². The number of hydrogen-bond acceptors (Lipinski definition) is 4. The maximum absolute atomic E-state index is 10.6. The van der Waals surface area contributed by atoms with Crippen LogP contribution in [0.25, 0.3) is 0 Å². The first-order valence-corrected chi connectivity index (χ1v) is 8.68. The van der Waals surface area contributed by atoms with Crippen LogP contribution in [0.3, 0.4) is 0 Å². The van der Waals surface area contributed by atoms with Gasteiger partial charge in [0.1, 0.15) is 6.61 Å². The summed E-state index contributed by atoms with van der Waals surface area (Å²) in [5.41, 5.74) is 0. The Morgan fingerprint density at radius 3 is 2.11 bits per heavy atom. The first kappa shape index (κ1) is 17.1. The van der Waals surface area contributed by atoms with E-state index >= 15 is 0 Å². The second-order valence-corrected chi connectivity index (χ2v) is 7.55. The fourth-order valence-electron chi connectivity index (χ4n) is 1.13. The molecule has 19 heavy (non-hydrogen) atoms. The van der Waals surface area contributed by atoms with Crippen LogP contribution in [0.4, 0.5) is 0 Å². The molecule has 0 heterocycles. The van der Waals surface area contributed by atoms with Gasteiger partial charge in [-0.05, 0) is 12.1 Å². The van der Waals surface area contributed by atoms with E-state index in [0.29, 0.717) is 20.8 Å². The average molecular weight is 368 g/mol. The summed E-state index contributed by atoms with van der Waals surface area (Å²) in [4.78, 5) is 0. The Morgan fingerprint density at radius 1 is 1.00 bits per heavy atom. The molecule has 1 aromatic rings. The first-order valence-electron chi connectivity index (χ1n) is 5.07. The van der Waals surface area contributed by atoms with Crippen LogP contribution in [0.2, 0.25) is 15.1 Å². The number of hydrogen-bond donors (Lipinski definition) is 0. The molecule has 1 rings (SSSR count). The molecule has 0 saturated carbocycles. The van der Waals surface area contributed by atoms with E-state index in [2.05, 4.69) is 0 Å². The molecule has 0 aromatic heterocycles. The highest BCUT2D eigenvalue weighted by Crippen LogP contribution is 2.35. The van der Waals surface area contributed by atoms with Crippen LogP contribution in [0.15, 0.2) is 12.1 Å². The predicted molar refractivity (Wildman–Crippen MR) is 77.4 cm³/mol. The predicted octanol–water partition coefficient (Wildman–Crippen LogP) is 3.61. The van der Waals surface area contributed by atoms with Crippen molar-refractivity contribution in [2.45, 2.75) is 0 Å². The van der Waals surface area contributed by atoms with Crippen molar-refractivity contribution >= 4 is 54.5 Å². The zero-order valence-corrected chi connectivity index (χ0v) is 13.4. The number of ether oxygens (including phenoxy) is 2. The van der Waals surface area contributed by atoms with E-state index in [9.17, 15) is 8.42 Å². The maximum Gasteiger partial charge on any atom is 0.234 e. The van der Waals surface area contributed by atoms with E-state index < -0.39 is 9.05 Å². The van der Waals surface area contributed by atoms with Crippen molar-refractivity contribution in [3.05, 3.63) is 27.2 Å². The summed E-state index contributed by atoms with van der Waals surface area (Å²) in [6.07, 6.45) is 0. The van der Waals surface area contributed by atoms with Crippen molar-refractivity contribution in [1.29, 1.82) is 0 Å². The zero-order valence-electron chi connectivity index (χ0n) is 9.54. The lowest BCUT2D eigenvalue weighted by molar-refractivity contribution is 0.111. The van der Waals surface area contributed by atoms with E-state index in [4.69, 9.17) is 55.0 Å². The summed E-state index contributed by atoms with van der Waals surface area (Å²) < 4.78 is 31.6. The van der Waals surface area contributed by atoms with Gasteiger partial charge < -0.3 is 9.47 Å². The average Bonchev–Trinajstić information content (AvgIpc) is 2.24. The zero-order chi connectivity index (χ0) is 14.5. The summed E-state index contributed by atoms with van der Waals surface area (Å²) >= 11 is 17.6. The molecule has 0 atom stereocenters. The summed E-state index contributed by atoms with van der Waals surface area (Å²) in [5, 5.41) is 0.993. The van der Waals surface area contributed by atoms with Crippen molar-refractivity contribution in [3.8, 4) is 5.75 Å². The minimum absolute atomic E-state index is 0.00270. The summed E-state index contributed by atoms with van der Waals surface area (Å²) in [5.74, 6) is 0.0538. The normalized spacial score (nSPS) is 11.6. The molecule has 0 aliphatic heterocycles. The summed E-state index contributed by atoms with van der Waals surface area (Å²) in [7, 11) is 1.48. The fourth-order valence-corrected chi connectivity index (χ4v) is 2.56. The topological polar surface area (TPSA) is 52.6 Å². The van der Waals surface area contributed by atoms with Crippen LogP contribution < -0.4 is 4.74 Å². The van der Waals surface area contributed by atoms with Crippen LogP contribution in [0, 0.1) is 0 Å². The van der Waals surface area contributed by atoms with E-state index in [1.165, 1.54) is 12.1 Å². The van der Waals surface area contributed by atoms with Gasteiger partial charge in [-0.3, -0.25) is 0 Å². The largest absolute Gasteiger partial charge is 0.488 e. The molecule has 4 nitrogen and oxygen atoms in total. The molecule has 0 spiro atoms. The van der Waals surface area contributed by atoms with Crippen molar-refractivity contribution in [2.24, 2.45) is 0 Å². The molecular formula is C10H10Cl4O4S. The standard InChI is InChI=1S/C10H10Cl4O4S/c11-7-5-8(12)10(9(13)6-7)18-2-1-17-3-4-19(14,15)16/h5-6H,1-4H2. The second-order valence-electron chi connectivity index (χ2n) is 3.40. The Labute approximate surface area is 130 Å². The van der Waals surface area contributed by atoms with Crippen LogP contribution in [-0.4, -0.2) is 34.0 Å². The molecule has 1 aromatic carbocycles. The van der Waals surface area contributed by atoms with Gasteiger partial charge in [0.05, 0.1) is 29.0 Å². The summed E-state index contributed by atoms with van der Waals surface area (Å²) in [6.45, 7) is 0.350. The lowest BCUT2D eigenvalue weighted by Gasteiger charge is -2.10. The van der Waals surface area contributed by atoms with Crippen LogP contribution in [0.5, 0.6) is 5.75 Å². The monoisotopic (exact) mass is 366 g/mol. The molecule has 0 N–H and O–H groups in total. The molecule has 0 fully saturated rings. The molecule has 0 bridgehead atoms. The smallest absolute Gasteiger partial charge is 0.234 e. The fraction of sp³-hybridized carbons (Fsp3) is 0.400. The minimum Gasteiger partial charge on any atom is -0.488 e. The molecule has 0 saturated heterocycles. The van der Waals surface area contributed by atoms with Crippen molar-refractivity contribution < 1.29 is 17.9 Å². The summed E-state index contributed by atoms with van der Waals surface area (Å²) in [6, 6.07) is 3.01. The Balaban J connectivity index is 2.34. The number of halogens is 4. The molecule has 0 aliphatic carbocycles. The Bertz CT molecular complexity index is 509. The van der Waals surface area contributed by atoms with Gasteiger partial charge in [-0.15, -0.1) is 0 Å². The van der Waals surface area contributed by atoms with E-state index in [-0.39, 0.29) is 25.6 Å². The highest BCUT2D eigenvalue weighted by atomic mass is 35.7. The van der Waals surface area contributed by atoms with Crippen molar-refractivity contribution in [2.75, 3.05) is 25.6 Å². The lowest BCUT2D eigenvalue weighted by atomic mass is 10.3. The van der Waals surface area contributed by atoms with E-state index in [0.717, 1.165) is 0 Å². The maximum atomic E-state index is 10.6. The molecule has 0 aliphatic rings. The molecule has 108 valence electrons. The molecule has 9 heteroatoms. The van der Waals surface area contributed by atoms with Gasteiger partial charge in [0, 0.05) is 15.7 Å². The third-order valence-electron chi connectivity index (χ3n) is 1.91. The van der Waals surface area contributed by atoms with Crippen LogP contribution in [0.1, 0.15) is 0 Å². The highest BCUT2D eigenvalue weighted by Gasteiger charge is 2.09. The van der Waals surface area contributed by atoms with E-state index in [1.807, 2.05) is 0 Å². The van der Waals surface area contributed by atoms with Crippen molar-refractivity contribution in [1.82, 2.24) is 0 Å². The Kier molecular flexibility index (Phi) is 7.00. The molecule has 0 radical (unpaired) electrons. The molecule has 0 amide bonds.